The van der Waals surface area contributed by atoms with Gasteiger partial charge in [0.15, 0.2) is 5.96 Å². The highest BCUT2D eigenvalue weighted by molar-refractivity contribution is 14.0. The number of benzene rings is 1. The minimum absolute atomic E-state index is 0. The van der Waals surface area contributed by atoms with Gasteiger partial charge in [-0.1, -0.05) is 30.3 Å². The molecule has 0 amide bonds. The molecule has 2 aliphatic heterocycles. The number of thiazole rings is 1. The van der Waals surface area contributed by atoms with E-state index in [1.54, 1.807) is 11.3 Å². The Morgan fingerprint density at radius 2 is 1.72 bits per heavy atom. The smallest absolute Gasteiger partial charge is 0.193 e. The summed E-state index contributed by atoms with van der Waals surface area (Å²) in [6, 6.07) is 10.8. The third-order valence-electron chi connectivity index (χ3n) is 6.44. The van der Waals surface area contributed by atoms with Crippen LogP contribution in [0.1, 0.15) is 29.1 Å². The molecule has 8 heteroatoms. The zero-order chi connectivity index (χ0) is 21.5. The van der Waals surface area contributed by atoms with E-state index in [1.807, 2.05) is 7.05 Å². The molecule has 3 heterocycles. The molecule has 0 atom stereocenters. The maximum absolute atomic E-state index is 4.61. The zero-order valence-corrected chi connectivity index (χ0v) is 22.5. The van der Waals surface area contributed by atoms with Crippen molar-refractivity contribution in [1.29, 1.82) is 0 Å². The summed E-state index contributed by atoms with van der Waals surface area (Å²) >= 11 is 1.75. The van der Waals surface area contributed by atoms with Crippen molar-refractivity contribution in [2.75, 3.05) is 52.9 Å². The second-order valence-corrected chi connectivity index (χ2v) is 9.82. The summed E-state index contributed by atoms with van der Waals surface area (Å²) in [5.41, 5.74) is 2.63. The van der Waals surface area contributed by atoms with Crippen LogP contribution in [0, 0.1) is 12.8 Å². The lowest BCUT2D eigenvalue weighted by Crippen LogP contribution is -2.53. The van der Waals surface area contributed by atoms with Gasteiger partial charge >= 0.3 is 0 Å². The molecule has 0 bridgehead atoms. The highest BCUT2D eigenvalue weighted by atomic mass is 127. The summed E-state index contributed by atoms with van der Waals surface area (Å²) in [4.78, 5) is 16.7. The molecule has 2 aromatic rings. The Morgan fingerprint density at radius 1 is 1.03 bits per heavy atom. The Morgan fingerprint density at radius 3 is 2.34 bits per heavy atom. The molecule has 176 valence electrons. The molecule has 0 aliphatic carbocycles. The fraction of sp³-hybridized carbons (Fsp3) is 0.583. The third-order valence-corrected chi connectivity index (χ3v) is 7.26. The van der Waals surface area contributed by atoms with Gasteiger partial charge in [-0.3, -0.25) is 14.8 Å². The van der Waals surface area contributed by atoms with E-state index in [0.29, 0.717) is 0 Å². The van der Waals surface area contributed by atoms with Crippen molar-refractivity contribution in [2.45, 2.75) is 32.9 Å². The van der Waals surface area contributed by atoms with Crippen LogP contribution in [0.15, 0.2) is 40.7 Å². The second kappa shape index (κ2) is 12.9. The molecule has 6 nitrogen and oxygen atoms in total. The van der Waals surface area contributed by atoms with Gasteiger partial charge < -0.3 is 10.2 Å². The lowest BCUT2D eigenvalue weighted by molar-refractivity contribution is 0.166. The Labute approximate surface area is 214 Å². The van der Waals surface area contributed by atoms with E-state index in [0.717, 1.165) is 57.7 Å². The fourth-order valence-corrected chi connectivity index (χ4v) is 5.19. The number of likely N-dealkylation sites (tertiary alicyclic amines) is 1. The molecular weight excluding hydrogens is 531 g/mol. The SMILES string of the molecule is CN=C(NCC1CCN(Cc2csc(C)n2)CC1)N1CCN(Cc2ccccc2)CC1.I. The van der Waals surface area contributed by atoms with E-state index in [1.165, 1.54) is 42.2 Å². The standard InChI is InChI=1S/C24H36N6S.HI/c1-20-27-23(19-31-20)18-28-10-8-21(9-11-28)16-26-24(25-2)30-14-12-29(13-15-30)17-22-6-4-3-5-7-22;/h3-7,19,21H,8-18H2,1-2H3,(H,25,26);1H. The first-order valence-corrected chi connectivity index (χ1v) is 12.4. The Hall–Kier alpha value is -1.23. The molecule has 1 aromatic carbocycles. The first-order valence-electron chi connectivity index (χ1n) is 11.5. The number of piperidine rings is 1. The van der Waals surface area contributed by atoms with Crippen LogP contribution < -0.4 is 5.32 Å². The normalized spacial score (nSPS) is 19.1. The maximum Gasteiger partial charge on any atom is 0.193 e. The van der Waals surface area contributed by atoms with Crippen molar-refractivity contribution in [3.05, 3.63) is 52.0 Å². The van der Waals surface area contributed by atoms with E-state index in [4.69, 9.17) is 0 Å². The van der Waals surface area contributed by atoms with E-state index in [9.17, 15) is 0 Å². The molecule has 2 aliphatic rings. The van der Waals surface area contributed by atoms with Crippen molar-refractivity contribution >= 4 is 41.3 Å². The van der Waals surface area contributed by atoms with E-state index >= 15 is 0 Å². The van der Waals surface area contributed by atoms with Crippen molar-refractivity contribution in [3.63, 3.8) is 0 Å². The predicted octanol–water partition coefficient (Wildman–Crippen LogP) is 3.67. The minimum Gasteiger partial charge on any atom is -0.356 e. The number of aromatic nitrogens is 1. The van der Waals surface area contributed by atoms with Crippen molar-refractivity contribution in [3.8, 4) is 0 Å². The average molecular weight is 569 g/mol. The van der Waals surface area contributed by atoms with Gasteiger partial charge in [-0.05, 0) is 44.3 Å². The van der Waals surface area contributed by atoms with Crippen LogP contribution >= 0.6 is 35.3 Å². The summed E-state index contributed by atoms with van der Waals surface area (Å²) in [7, 11) is 1.91. The third kappa shape index (κ3) is 7.40. The Kier molecular flexibility index (Phi) is 10.2. The molecule has 1 aromatic heterocycles. The van der Waals surface area contributed by atoms with Crippen molar-refractivity contribution < 1.29 is 0 Å². The van der Waals surface area contributed by atoms with Gasteiger partial charge in [0.25, 0.3) is 0 Å². The first kappa shape index (κ1) is 25.4. The first-order chi connectivity index (χ1) is 15.2. The summed E-state index contributed by atoms with van der Waals surface area (Å²) < 4.78 is 0. The molecule has 0 saturated carbocycles. The topological polar surface area (TPSA) is 47.0 Å². The number of hydrogen-bond acceptors (Lipinski definition) is 5. The number of hydrogen-bond donors (Lipinski definition) is 1. The van der Waals surface area contributed by atoms with Gasteiger partial charge in [0, 0.05) is 58.2 Å². The van der Waals surface area contributed by atoms with E-state index in [-0.39, 0.29) is 24.0 Å². The Bertz CT molecular complexity index is 826. The number of aliphatic imine (C=N–C) groups is 1. The van der Waals surface area contributed by atoms with Gasteiger partial charge in [0.05, 0.1) is 10.7 Å². The molecule has 1 N–H and O–H groups in total. The molecule has 2 saturated heterocycles. The monoisotopic (exact) mass is 568 g/mol. The van der Waals surface area contributed by atoms with Gasteiger partial charge in [-0.25, -0.2) is 4.98 Å². The van der Waals surface area contributed by atoms with Gasteiger partial charge in [0.1, 0.15) is 0 Å². The highest BCUT2D eigenvalue weighted by Gasteiger charge is 2.23. The van der Waals surface area contributed by atoms with Crippen LogP contribution in [0.25, 0.3) is 0 Å². The number of rotatable bonds is 6. The zero-order valence-electron chi connectivity index (χ0n) is 19.4. The van der Waals surface area contributed by atoms with Crippen LogP contribution in [0.2, 0.25) is 0 Å². The number of guanidine groups is 1. The molecule has 0 radical (unpaired) electrons. The predicted molar refractivity (Wildman–Crippen MR) is 145 cm³/mol. The molecule has 2 fully saturated rings. The Balaban J connectivity index is 0.00000289. The summed E-state index contributed by atoms with van der Waals surface area (Å²) in [6.07, 6.45) is 2.50. The summed E-state index contributed by atoms with van der Waals surface area (Å²) in [5.74, 6) is 1.80. The van der Waals surface area contributed by atoms with Crippen LogP contribution in [-0.2, 0) is 13.1 Å². The average Bonchev–Trinajstić information content (AvgIpc) is 3.21. The number of aryl methyl sites for hydroxylation is 1. The van der Waals surface area contributed by atoms with Crippen molar-refractivity contribution in [1.82, 2.24) is 25.0 Å². The lowest BCUT2D eigenvalue weighted by atomic mass is 9.97. The molecule has 0 unspecified atom stereocenters. The summed E-state index contributed by atoms with van der Waals surface area (Å²) in [5, 5.41) is 7.04. The van der Waals surface area contributed by atoms with Crippen LogP contribution in [0.4, 0.5) is 0 Å². The van der Waals surface area contributed by atoms with Crippen LogP contribution in [0.5, 0.6) is 0 Å². The van der Waals surface area contributed by atoms with Gasteiger partial charge in [-0.2, -0.15) is 0 Å². The van der Waals surface area contributed by atoms with Crippen LogP contribution in [-0.4, -0.2) is 78.5 Å². The summed E-state index contributed by atoms with van der Waals surface area (Å²) in [6.45, 7) is 11.7. The minimum atomic E-state index is 0. The molecular formula is C24H37IN6S. The second-order valence-electron chi connectivity index (χ2n) is 8.75. The van der Waals surface area contributed by atoms with E-state index < -0.39 is 0 Å². The van der Waals surface area contributed by atoms with E-state index in [2.05, 4.69) is 72.6 Å². The molecule has 4 rings (SSSR count). The molecule has 32 heavy (non-hydrogen) atoms. The highest BCUT2D eigenvalue weighted by Crippen LogP contribution is 2.19. The fourth-order valence-electron chi connectivity index (χ4n) is 4.59. The quantitative estimate of drug-likeness (QED) is 0.328. The van der Waals surface area contributed by atoms with Gasteiger partial charge in [0.2, 0.25) is 0 Å². The largest absolute Gasteiger partial charge is 0.356 e. The number of nitrogens with one attached hydrogen (secondary N) is 1. The van der Waals surface area contributed by atoms with Gasteiger partial charge in [-0.15, -0.1) is 35.3 Å². The number of piperazine rings is 1. The maximum atomic E-state index is 4.61. The van der Waals surface area contributed by atoms with Crippen LogP contribution in [0.3, 0.4) is 0 Å². The molecule has 0 spiro atoms. The number of halogens is 1. The van der Waals surface area contributed by atoms with Crippen molar-refractivity contribution in [2.24, 2.45) is 10.9 Å². The number of nitrogens with zero attached hydrogens (tertiary/aromatic N) is 5. The lowest BCUT2D eigenvalue weighted by Gasteiger charge is -2.37.